The van der Waals surface area contributed by atoms with Crippen LogP contribution in [-0.2, 0) is 7.05 Å². The summed E-state index contributed by atoms with van der Waals surface area (Å²) in [4.78, 5) is 15.7. The lowest BCUT2D eigenvalue weighted by Crippen LogP contribution is -1.93. The summed E-state index contributed by atoms with van der Waals surface area (Å²) >= 11 is 0. The van der Waals surface area contributed by atoms with Crippen molar-refractivity contribution in [3.63, 3.8) is 0 Å². The van der Waals surface area contributed by atoms with E-state index in [-0.39, 0.29) is 0 Å². The molecular weight excluding hydrogens is 224 g/mol. The van der Waals surface area contributed by atoms with Crippen molar-refractivity contribution < 1.29 is 4.79 Å². The molecule has 0 unspecified atom stereocenters. The first kappa shape index (κ1) is 10.7. The fourth-order valence-corrected chi connectivity index (χ4v) is 2.35. The van der Waals surface area contributed by atoms with Crippen LogP contribution in [0.3, 0.4) is 0 Å². The van der Waals surface area contributed by atoms with Gasteiger partial charge in [0.1, 0.15) is 0 Å². The largest absolute Gasteiger partial charge is 0.342 e. The summed E-state index contributed by atoms with van der Waals surface area (Å²) in [7, 11) is 1.96. The summed E-state index contributed by atoms with van der Waals surface area (Å²) in [5.74, 6) is 0. The van der Waals surface area contributed by atoms with Gasteiger partial charge in [0.15, 0.2) is 6.29 Å². The Balaban J connectivity index is 2.42. The molecule has 0 atom stereocenters. The molecule has 0 N–H and O–H groups in total. The number of aromatic nitrogens is 2. The molecule has 0 radical (unpaired) electrons. The van der Waals surface area contributed by atoms with Crippen molar-refractivity contribution in [2.75, 3.05) is 0 Å². The Morgan fingerprint density at radius 1 is 1.11 bits per heavy atom. The van der Waals surface area contributed by atoms with Gasteiger partial charge in [0.2, 0.25) is 0 Å². The first-order chi connectivity index (χ1) is 8.83. The van der Waals surface area contributed by atoms with E-state index in [1.165, 1.54) is 0 Å². The number of hydrogen-bond donors (Lipinski definition) is 0. The highest BCUT2D eigenvalue weighted by atomic mass is 16.1. The van der Waals surface area contributed by atoms with Crippen LogP contribution in [0.4, 0.5) is 0 Å². The lowest BCUT2D eigenvalue weighted by molar-refractivity contribution is 0.112. The molecule has 2 heterocycles. The van der Waals surface area contributed by atoms with Gasteiger partial charge < -0.3 is 4.57 Å². The number of pyridine rings is 1. The van der Waals surface area contributed by atoms with Crippen molar-refractivity contribution >= 4 is 17.3 Å². The molecule has 3 nitrogen and oxygen atoms in total. The van der Waals surface area contributed by atoms with Crippen LogP contribution in [0.1, 0.15) is 10.4 Å². The second-order valence-electron chi connectivity index (χ2n) is 4.18. The normalized spacial score (nSPS) is 10.7. The van der Waals surface area contributed by atoms with Crippen LogP contribution >= 0.6 is 0 Å². The highest BCUT2D eigenvalue weighted by molar-refractivity contribution is 6.02. The maximum absolute atomic E-state index is 11.4. The second kappa shape index (κ2) is 4.11. The second-order valence-corrected chi connectivity index (χ2v) is 4.18. The lowest BCUT2D eigenvalue weighted by atomic mass is 10.1. The number of aldehydes is 1. The zero-order chi connectivity index (χ0) is 12.5. The maximum atomic E-state index is 11.4. The van der Waals surface area contributed by atoms with Gasteiger partial charge in [0.05, 0.1) is 22.3 Å². The molecule has 0 aliphatic rings. The molecule has 2 aromatic heterocycles. The highest BCUT2D eigenvalue weighted by Gasteiger charge is 2.16. The third-order valence-electron chi connectivity index (χ3n) is 3.16. The topological polar surface area (TPSA) is 34.9 Å². The van der Waals surface area contributed by atoms with Crippen molar-refractivity contribution in [3.05, 3.63) is 54.2 Å². The predicted octanol–water partition coefficient (Wildman–Crippen LogP) is 3.05. The van der Waals surface area contributed by atoms with Gasteiger partial charge in [-0.25, -0.2) is 0 Å². The minimum Gasteiger partial charge on any atom is -0.342 e. The van der Waals surface area contributed by atoms with E-state index in [1.807, 2.05) is 54.1 Å². The van der Waals surface area contributed by atoms with E-state index in [9.17, 15) is 4.79 Å². The SMILES string of the molecule is Cn1c(-c2ccccc2)c(C=O)c2ncccc21. The molecule has 0 fully saturated rings. The Labute approximate surface area is 105 Å². The molecule has 18 heavy (non-hydrogen) atoms. The number of aryl methyl sites for hydroxylation is 1. The highest BCUT2D eigenvalue weighted by Crippen LogP contribution is 2.30. The molecule has 0 aliphatic heterocycles. The molecule has 88 valence electrons. The van der Waals surface area contributed by atoms with Crippen molar-refractivity contribution in [2.24, 2.45) is 7.05 Å². The summed E-state index contributed by atoms with van der Waals surface area (Å²) in [6.45, 7) is 0. The monoisotopic (exact) mass is 236 g/mol. The van der Waals surface area contributed by atoms with Gasteiger partial charge in [-0.1, -0.05) is 30.3 Å². The van der Waals surface area contributed by atoms with E-state index in [4.69, 9.17) is 0 Å². The van der Waals surface area contributed by atoms with Crippen LogP contribution in [0.2, 0.25) is 0 Å². The summed E-state index contributed by atoms with van der Waals surface area (Å²) in [6.07, 6.45) is 2.60. The number of carbonyl (C=O) groups excluding carboxylic acids is 1. The van der Waals surface area contributed by atoms with Gasteiger partial charge in [0.25, 0.3) is 0 Å². The molecular formula is C15H12N2O. The van der Waals surface area contributed by atoms with Crippen LogP contribution < -0.4 is 0 Å². The lowest BCUT2D eigenvalue weighted by Gasteiger charge is -2.04. The summed E-state index contributed by atoms with van der Waals surface area (Å²) in [5.41, 5.74) is 4.33. The standard InChI is InChI=1S/C15H12N2O/c1-17-13-8-5-9-16-14(13)12(10-18)15(17)11-6-3-2-4-7-11/h2-10H,1H3. The Bertz CT molecular complexity index is 714. The minimum absolute atomic E-state index is 0.652. The first-order valence-corrected chi connectivity index (χ1v) is 5.77. The van der Waals surface area contributed by atoms with Crippen molar-refractivity contribution in [2.45, 2.75) is 0 Å². The number of hydrogen-bond acceptors (Lipinski definition) is 2. The molecule has 1 aromatic carbocycles. The smallest absolute Gasteiger partial charge is 0.154 e. The maximum Gasteiger partial charge on any atom is 0.154 e. The Morgan fingerprint density at radius 2 is 1.89 bits per heavy atom. The van der Waals surface area contributed by atoms with E-state index >= 15 is 0 Å². The van der Waals surface area contributed by atoms with E-state index in [0.29, 0.717) is 5.56 Å². The van der Waals surface area contributed by atoms with Gasteiger partial charge in [-0.05, 0) is 17.7 Å². The summed E-state index contributed by atoms with van der Waals surface area (Å²) in [5, 5.41) is 0. The van der Waals surface area contributed by atoms with Crippen LogP contribution in [-0.4, -0.2) is 15.8 Å². The van der Waals surface area contributed by atoms with Crippen molar-refractivity contribution in [1.29, 1.82) is 0 Å². The number of nitrogens with zero attached hydrogens (tertiary/aromatic N) is 2. The summed E-state index contributed by atoms with van der Waals surface area (Å²) in [6, 6.07) is 13.8. The molecule has 0 spiro atoms. The number of fused-ring (bicyclic) bond motifs is 1. The van der Waals surface area contributed by atoms with Crippen molar-refractivity contribution in [3.8, 4) is 11.3 Å². The zero-order valence-electron chi connectivity index (χ0n) is 10.00. The van der Waals surface area contributed by atoms with Gasteiger partial charge >= 0.3 is 0 Å². The quantitative estimate of drug-likeness (QED) is 0.641. The van der Waals surface area contributed by atoms with E-state index in [1.54, 1.807) is 6.20 Å². The number of benzene rings is 1. The Hall–Kier alpha value is -2.42. The number of carbonyl (C=O) groups is 1. The molecule has 0 aliphatic carbocycles. The van der Waals surface area contributed by atoms with Crippen molar-refractivity contribution in [1.82, 2.24) is 9.55 Å². The summed E-state index contributed by atoms with van der Waals surface area (Å²) < 4.78 is 2.02. The van der Waals surface area contributed by atoms with Crippen LogP contribution in [0.25, 0.3) is 22.3 Å². The fraction of sp³-hybridized carbons (Fsp3) is 0.0667. The Morgan fingerprint density at radius 3 is 2.61 bits per heavy atom. The van der Waals surface area contributed by atoms with Gasteiger partial charge in [-0.3, -0.25) is 9.78 Å². The van der Waals surface area contributed by atoms with Crippen LogP contribution in [0, 0.1) is 0 Å². The predicted molar refractivity (Wildman–Crippen MR) is 71.5 cm³/mol. The average Bonchev–Trinajstić information content (AvgIpc) is 2.73. The van der Waals surface area contributed by atoms with Crippen LogP contribution in [0.5, 0.6) is 0 Å². The molecule has 0 amide bonds. The molecule has 3 aromatic rings. The molecule has 0 bridgehead atoms. The minimum atomic E-state index is 0.652. The molecule has 0 saturated heterocycles. The zero-order valence-corrected chi connectivity index (χ0v) is 10.00. The van der Waals surface area contributed by atoms with Crippen LogP contribution in [0.15, 0.2) is 48.7 Å². The third kappa shape index (κ3) is 1.44. The van der Waals surface area contributed by atoms with E-state index in [0.717, 1.165) is 28.6 Å². The van der Waals surface area contributed by atoms with Gasteiger partial charge in [0, 0.05) is 13.2 Å². The molecule has 3 heteroatoms. The third-order valence-corrected chi connectivity index (χ3v) is 3.16. The molecule has 0 saturated carbocycles. The van der Waals surface area contributed by atoms with E-state index in [2.05, 4.69) is 4.98 Å². The first-order valence-electron chi connectivity index (χ1n) is 5.77. The average molecular weight is 236 g/mol. The Kier molecular flexibility index (Phi) is 2.45. The van der Waals surface area contributed by atoms with Gasteiger partial charge in [-0.2, -0.15) is 0 Å². The van der Waals surface area contributed by atoms with Gasteiger partial charge in [-0.15, -0.1) is 0 Å². The number of rotatable bonds is 2. The molecule has 3 rings (SSSR count). The van der Waals surface area contributed by atoms with E-state index < -0.39 is 0 Å². The fourth-order valence-electron chi connectivity index (χ4n) is 2.35.